The molecule has 0 atom stereocenters. The summed E-state index contributed by atoms with van der Waals surface area (Å²) in [5.41, 5.74) is 0.436. The maximum absolute atomic E-state index is 12.5. The standard InChI is InChI=1S/C10H14N2O5S3/c1-6(2)12-8(5-13)3-7-4-9(19(11,14)15)18-10(7)20(12,16)17/h3-4,6,13H,5H2,1-2H3,(H2,11,14,15). The van der Waals surface area contributed by atoms with E-state index in [1.54, 1.807) is 13.8 Å². The highest BCUT2D eigenvalue weighted by atomic mass is 32.3. The van der Waals surface area contributed by atoms with Gasteiger partial charge in [-0.25, -0.2) is 22.0 Å². The minimum atomic E-state index is -3.97. The molecule has 0 amide bonds. The van der Waals surface area contributed by atoms with Crippen LogP contribution in [0.5, 0.6) is 0 Å². The number of aliphatic hydroxyl groups excluding tert-OH is 1. The van der Waals surface area contributed by atoms with Crippen LogP contribution in [0.4, 0.5) is 0 Å². The third-order valence-electron chi connectivity index (χ3n) is 2.71. The Bertz CT molecular complexity index is 774. The van der Waals surface area contributed by atoms with Crippen LogP contribution in [0.1, 0.15) is 19.4 Å². The Hall–Kier alpha value is -0.940. The predicted molar refractivity (Wildman–Crippen MR) is 74.9 cm³/mol. The Kier molecular flexibility index (Phi) is 3.71. The van der Waals surface area contributed by atoms with E-state index in [1.807, 2.05) is 0 Å². The zero-order valence-corrected chi connectivity index (χ0v) is 13.2. The van der Waals surface area contributed by atoms with Gasteiger partial charge >= 0.3 is 0 Å². The van der Waals surface area contributed by atoms with E-state index in [0.717, 1.165) is 4.31 Å². The summed E-state index contributed by atoms with van der Waals surface area (Å²) < 4.78 is 48.5. The van der Waals surface area contributed by atoms with E-state index in [0.29, 0.717) is 11.3 Å². The van der Waals surface area contributed by atoms with Gasteiger partial charge in [-0.3, -0.25) is 4.31 Å². The molecule has 0 spiro atoms. The smallest absolute Gasteiger partial charge is 0.274 e. The Morgan fingerprint density at radius 1 is 1.45 bits per heavy atom. The quantitative estimate of drug-likeness (QED) is 0.813. The minimum absolute atomic E-state index is 0.0765. The highest BCUT2D eigenvalue weighted by Crippen LogP contribution is 2.39. The lowest BCUT2D eigenvalue weighted by Gasteiger charge is -2.32. The summed E-state index contributed by atoms with van der Waals surface area (Å²) in [6.45, 7) is 2.87. The topological polar surface area (TPSA) is 118 Å². The molecule has 3 N–H and O–H groups in total. The molecular formula is C10H14N2O5S3. The Balaban J connectivity index is 2.74. The third-order valence-corrected chi connectivity index (χ3v) is 7.84. The van der Waals surface area contributed by atoms with Gasteiger partial charge in [-0.15, -0.1) is 11.3 Å². The number of aliphatic hydroxyl groups is 1. The highest BCUT2D eigenvalue weighted by molar-refractivity contribution is 7.94. The first-order valence-corrected chi connectivity index (χ1v) is 9.42. The SMILES string of the molecule is CC(C)N1C(CO)=Cc2cc(S(N)(=O)=O)sc2S1(=O)=O. The number of fused-ring (bicyclic) bond motifs is 1. The molecule has 0 saturated heterocycles. The van der Waals surface area contributed by atoms with Gasteiger partial charge in [0.1, 0.15) is 8.42 Å². The van der Waals surface area contributed by atoms with Crippen LogP contribution in [0.15, 0.2) is 20.2 Å². The fourth-order valence-electron chi connectivity index (χ4n) is 2.02. The Morgan fingerprint density at radius 2 is 2.05 bits per heavy atom. The van der Waals surface area contributed by atoms with E-state index in [1.165, 1.54) is 12.1 Å². The number of hydrogen-bond donors (Lipinski definition) is 2. The molecule has 1 aromatic heterocycles. The molecule has 0 unspecified atom stereocenters. The second kappa shape index (κ2) is 4.81. The predicted octanol–water partition coefficient (Wildman–Crippen LogP) is 0.141. The van der Waals surface area contributed by atoms with Gasteiger partial charge in [0, 0.05) is 11.6 Å². The van der Waals surface area contributed by atoms with Crippen molar-refractivity contribution in [3.8, 4) is 0 Å². The first-order valence-electron chi connectivity index (χ1n) is 5.61. The summed E-state index contributed by atoms with van der Waals surface area (Å²) in [4.78, 5) is 0. The molecule has 1 aliphatic rings. The van der Waals surface area contributed by atoms with Gasteiger partial charge in [0.2, 0.25) is 10.0 Å². The van der Waals surface area contributed by atoms with Crippen molar-refractivity contribution in [1.29, 1.82) is 0 Å². The summed E-state index contributed by atoms with van der Waals surface area (Å²) in [7, 11) is -7.84. The van der Waals surface area contributed by atoms with Crippen LogP contribution >= 0.6 is 11.3 Å². The van der Waals surface area contributed by atoms with Gasteiger partial charge < -0.3 is 5.11 Å². The molecule has 0 aliphatic carbocycles. The van der Waals surface area contributed by atoms with E-state index < -0.39 is 32.7 Å². The lowest BCUT2D eigenvalue weighted by atomic mass is 10.2. The van der Waals surface area contributed by atoms with E-state index in [2.05, 4.69) is 0 Å². The van der Waals surface area contributed by atoms with Crippen LogP contribution < -0.4 is 5.14 Å². The molecule has 1 aromatic rings. The largest absolute Gasteiger partial charge is 0.390 e. The number of nitrogens with two attached hydrogens (primary N) is 1. The van der Waals surface area contributed by atoms with Crippen molar-refractivity contribution in [1.82, 2.24) is 4.31 Å². The third kappa shape index (κ3) is 2.37. The number of nitrogens with zero attached hydrogens (tertiary/aromatic N) is 1. The first-order chi connectivity index (χ1) is 9.09. The van der Waals surface area contributed by atoms with Crippen LogP contribution in [0, 0.1) is 0 Å². The number of sulfonamides is 2. The molecule has 10 heteroatoms. The van der Waals surface area contributed by atoms with Crippen molar-refractivity contribution < 1.29 is 21.9 Å². The molecule has 0 saturated carbocycles. The number of rotatable bonds is 3. The molecule has 0 radical (unpaired) electrons. The fourth-order valence-corrected chi connectivity index (χ4v) is 6.29. The molecule has 2 rings (SSSR count). The molecule has 0 aromatic carbocycles. The van der Waals surface area contributed by atoms with Crippen molar-refractivity contribution >= 4 is 37.5 Å². The monoisotopic (exact) mass is 338 g/mol. The van der Waals surface area contributed by atoms with Crippen molar-refractivity contribution in [2.45, 2.75) is 28.3 Å². The Morgan fingerprint density at radius 3 is 2.50 bits per heavy atom. The van der Waals surface area contributed by atoms with Crippen molar-refractivity contribution in [2.75, 3.05) is 6.61 Å². The van der Waals surface area contributed by atoms with E-state index >= 15 is 0 Å². The van der Waals surface area contributed by atoms with Gasteiger partial charge in [0.05, 0.1) is 12.3 Å². The highest BCUT2D eigenvalue weighted by Gasteiger charge is 2.37. The van der Waals surface area contributed by atoms with Crippen molar-refractivity contribution in [2.24, 2.45) is 5.14 Å². The van der Waals surface area contributed by atoms with Crippen LogP contribution in [0.2, 0.25) is 0 Å². The molecule has 7 nitrogen and oxygen atoms in total. The molecular weight excluding hydrogens is 324 g/mol. The average molecular weight is 338 g/mol. The lowest BCUT2D eigenvalue weighted by Crippen LogP contribution is -2.38. The summed E-state index contributed by atoms with van der Waals surface area (Å²) in [5.74, 6) is 0. The van der Waals surface area contributed by atoms with Gasteiger partial charge in [0.25, 0.3) is 10.0 Å². The van der Waals surface area contributed by atoms with E-state index in [-0.39, 0.29) is 19.7 Å². The zero-order valence-electron chi connectivity index (χ0n) is 10.8. The van der Waals surface area contributed by atoms with E-state index in [9.17, 15) is 21.9 Å². The first kappa shape index (κ1) is 15.4. The molecule has 2 heterocycles. The van der Waals surface area contributed by atoms with Gasteiger partial charge in [-0.05, 0) is 26.0 Å². The van der Waals surface area contributed by atoms with Crippen molar-refractivity contribution in [3.05, 3.63) is 17.3 Å². The molecule has 112 valence electrons. The normalized spacial score (nSPS) is 18.1. The van der Waals surface area contributed by atoms with Crippen LogP contribution in [-0.2, 0) is 20.0 Å². The summed E-state index contributed by atoms with van der Waals surface area (Å²) >= 11 is 0.614. The summed E-state index contributed by atoms with van der Waals surface area (Å²) in [6, 6.07) is 0.812. The second-order valence-corrected chi connectivity index (χ2v) is 9.39. The summed E-state index contributed by atoms with van der Waals surface area (Å²) in [6.07, 6.45) is 1.46. The molecule has 0 bridgehead atoms. The Labute approximate surface area is 121 Å². The molecule has 0 fully saturated rings. The van der Waals surface area contributed by atoms with Crippen LogP contribution in [-0.4, -0.2) is 38.9 Å². The average Bonchev–Trinajstić information content (AvgIpc) is 2.71. The summed E-state index contributed by atoms with van der Waals surface area (Å²) in [5, 5.41) is 14.3. The van der Waals surface area contributed by atoms with Gasteiger partial charge in [0.15, 0.2) is 0 Å². The van der Waals surface area contributed by atoms with E-state index in [4.69, 9.17) is 5.14 Å². The van der Waals surface area contributed by atoms with Gasteiger partial charge in [-0.1, -0.05) is 0 Å². The number of hydrogen-bond acceptors (Lipinski definition) is 6. The maximum atomic E-state index is 12.5. The number of primary sulfonamides is 1. The minimum Gasteiger partial charge on any atom is -0.390 e. The zero-order chi connectivity index (χ0) is 15.3. The lowest BCUT2D eigenvalue weighted by molar-refractivity contribution is 0.284. The van der Waals surface area contributed by atoms with Crippen LogP contribution in [0.3, 0.4) is 0 Å². The van der Waals surface area contributed by atoms with Crippen LogP contribution in [0.25, 0.3) is 6.08 Å². The maximum Gasteiger partial charge on any atom is 0.274 e. The fraction of sp³-hybridized carbons (Fsp3) is 0.400. The number of thiophene rings is 1. The second-order valence-electron chi connectivity index (χ2n) is 4.54. The van der Waals surface area contributed by atoms with Crippen molar-refractivity contribution in [3.63, 3.8) is 0 Å². The molecule has 1 aliphatic heterocycles. The molecule has 20 heavy (non-hydrogen) atoms. The van der Waals surface area contributed by atoms with Gasteiger partial charge in [-0.2, -0.15) is 0 Å².